The van der Waals surface area contributed by atoms with Gasteiger partial charge in [0.25, 0.3) is 5.91 Å². The zero-order valence-electron chi connectivity index (χ0n) is 17.3. The Kier molecular flexibility index (Phi) is 6.47. The molecule has 0 fully saturated rings. The van der Waals surface area contributed by atoms with E-state index < -0.39 is 6.04 Å². The van der Waals surface area contributed by atoms with E-state index in [1.54, 1.807) is 30.4 Å². The van der Waals surface area contributed by atoms with E-state index >= 15 is 0 Å². The third kappa shape index (κ3) is 5.42. The van der Waals surface area contributed by atoms with Crippen molar-refractivity contribution in [2.45, 2.75) is 66.0 Å². The zero-order valence-corrected chi connectivity index (χ0v) is 18.1. The quantitative estimate of drug-likeness (QED) is 0.785. The maximum Gasteiger partial charge on any atom is 0.251 e. The summed E-state index contributed by atoms with van der Waals surface area (Å²) in [6.07, 6.45) is 0. The number of thiophene rings is 1. The van der Waals surface area contributed by atoms with Crippen LogP contribution in [0.15, 0.2) is 30.3 Å². The van der Waals surface area contributed by atoms with Crippen LogP contribution in [0.5, 0.6) is 0 Å². The summed E-state index contributed by atoms with van der Waals surface area (Å²) in [7, 11) is 0. The van der Waals surface area contributed by atoms with E-state index in [0.717, 1.165) is 5.56 Å². The van der Waals surface area contributed by atoms with Crippen LogP contribution in [0.4, 0.5) is 0 Å². The van der Waals surface area contributed by atoms with Crippen molar-refractivity contribution < 1.29 is 9.59 Å². The van der Waals surface area contributed by atoms with Crippen molar-refractivity contribution in [2.24, 2.45) is 0 Å². The Morgan fingerprint density at radius 3 is 2.07 bits per heavy atom. The normalized spacial score (nSPS) is 13.7. The molecule has 0 unspecified atom stereocenters. The predicted molar refractivity (Wildman–Crippen MR) is 112 cm³/mol. The van der Waals surface area contributed by atoms with Gasteiger partial charge in [-0.25, -0.2) is 0 Å². The largest absolute Gasteiger partial charge is 0.348 e. The Morgan fingerprint density at radius 2 is 1.59 bits per heavy atom. The standard InChI is InChI=1S/C22H30N2O2S/c1-13-12-19(16(4)27-13)14(2)23-20(25)15(3)24-21(26)17-8-10-18(11-9-17)22(5,6)7/h8-12,14-15H,1-7H3,(H,23,25)(H,24,26)/t14-,15+/m0/s1. The molecule has 1 aromatic carbocycles. The maximum atomic E-state index is 12.5. The van der Waals surface area contributed by atoms with Crippen molar-refractivity contribution in [1.82, 2.24) is 10.6 Å². The van der Waals surface area contributed by atoms with Gasteiger partial charge < -0.3 is 10.6 Å². The second kappa shape index (κ2) is 8.26. The van der Waals surface area contributed by atoms with E-state index in [4.69, 9.17) is 0 Å². The third-order valence-corrected chi connectivity index (χ3v) is 5.64. The van der Waals surface area contributed by atoms with E-state index in [-0.39, 0.29) is 23.3 Å². The Balaban J connectivity index is 1.97. The monoisotopic (exact) mass is 386 g/mol. The van der Waals surface area contributed by atoms with Gasteiger partial charge in [-0.15, -0.1) is 11.3 Å². The summed E-state index contributed by atoms with van der Waals surface area (Å²) in [5.74, 6) is -0.432. The summed E-state index contributed by atoms with van der Waals surface area (Å²) in [4.78, 5) is 27.3. The first-order valence-corrected chi connectivity index (χ1v) is 10.1. The predicted octanol–water partition coefficient (Wildman–Crippen LogP) is 4.66. The van der Waals surface area contributed by atoms with Gasteiger partial charge in [0.15, 0.2) is 0 Å². The molecule has 146 valence electrons. The highest BCUT2D eigenvalue weighted by Gasteiger charge is 2.21. The van der Waals surface area contributed by atoms with E-state index in [9.17, 15) is 9.59 Å². The second-order valence-corrected chi connectivity index (χ2v) is 9.58. The van der Waals surface area contributed by atoms with Gasteiger partial charge in [0.2, 0.25) is 5.91 Å². The van der Waals surface area contributed by atoms with Gasteiger partial charge in [-0.3, -0.25) is 9.59 Å². The molecule has 1 aromatic heterocycles. The molecule has 0 aliphatic rings. The van der Waals surface area contributed by atoms with Gasteiger partial charge in [0.05, 0.1) is 6.04 Å². The van der Waals surface area contributed by atoms with Crippen molar-refractivity contribution >= 4 is 23.2 Å². The number of nitrogens with one attached hydrogen (secondary N) is 2. The number of benzene rings is 1. The van der Waals surface area contributed by atoms with Crippen LogP contribution in [0.25, 0.3) is 0 Å². The molecular weight excluding hydrogens is 356 g/mol. The SMILES string of the molecule is Cc1cc([C@H](C)NC(=O)[C@@H](C)NC(=O)c2ccc(C(C)(C)C)cc2)c(C)s1. The minimum atomic E-state index is -0.609. The lowest BCUT2D eigenvalue weighted by atomic mass is 9.86. The van der Waals surface area contributed by atoms with Crippen molar-refractivity contribution in [3.05, 3.63) is 56.8 Å². The van der Waals surface area contributed by atoms with Crippen LogP contribution in [0.1, 0.15) is 71.9 Å². The number of hydrogen-bond acceptors (Lipinski definition) is 3. The van der Waals surface area contributed by atoms with Gasteiger partial charge in [-0.2, -0.15) is 0 Å². The van der Waals surface area contributed by atoms with Crippen molar-refractivity contribution in [2.75, 3.05) is 0 Å². The van der Waals surface area contributed by atoms with Gasteiger partial charge >= 0.3 is 0 Å². The highest BCUT2D eigenvalue weighted by molar-refractivity contribution is 7.12. The smallest absolute Gasteiger partial charge is 0.251 e. The first kappa shape index (κ1) is 21.2. The molecule has 2 amide bonds. The van der Waals surface area contributed by atoms with Crippen LogP contribution in [0.2, 0.25) is 0 Å². The summed E-state index contributed by atoms with van der Waals surface area (Å²) in [5.41, 5.74) is 2.89. The molecular formula is C22H30N2O2S. The highest BCUT2D eigenvalue weighted by Crippen LogP contribution is 2.26. The van der Waals surface area contributed by atoms with Gasteiger partial charge in [0, 0.05) is 15.3 Å². The average molecular weight is 387 g/mol. The summed E-state index contributed by atoms with van der Waals surface area (Å²) >= 11 is 1.72. The topological polar surface area (TPSA) is 58.2 Å². The summed E-state index contributed by atoms with van der Waals surface area (Å²) in [6, 6.07) is 8.94. The first-order chi connectivity index (χ1) is 12.5. The van der Waals surface area contributed by atoms with Gasteiger partial charge in [-0.1, -0.05) is 32.9 Å². The molecule has 0 saturated carbocycles. The fourth-order valence-corrected chi connectivity index (χ4v) is 3.99. The van der Waals surface area contributed by atoms with Crippen molar-refractivity contribution in [1.29, 1.82) is 0 Å². The molecule has 0 saturated heterocycles. The highest BCUT2D eigenvalue weighted by atomic mass is 32.1. The van der Waals surface area contributed by atoms with Crippen LogP contribution < -0.4 is 10.6 Å². The maximum absolute atomic E-state index is 12.5. The van der Waals surface area contributed by atoms with Crippen LogP contribution in [-0.2, 0) is 10.2 Å². The number of amides is 2. The molecule has 0 aliphatic heterocycles. The zero-order chi connectivity index (χ0) is 20.4. The number of hydrogen-bond donors (Lipinski definition) is 2. The van der Waals surface area contributed by atoms with E-state index in [1.165, 1.54) is 15.3 Å². The summed E-state index contributed by atoms with van der Waals surface area (Å²) in [5, 5.41) is 5.77. The Hall–Kier alpha value is -2.14. The molecule has 27 heavy (non-hydrogen) atoms. The van der Waals surface area contributed by atoms with E-state index in [0.29, 0.717) is 5.56 Å². The minimum Gasteiger partial charge on any atom is -0.348 e. The Labute approximate surface area is 166 Å². The van der Waals surface area contributed by atoms with E-state index in [2.05, 4.69) is 51.3 Å². The number of rotatable bonds is 5. The molecule has 2 atom stereocenters. The lowest BCUT2D eigenvalue weighted by Crippen LogP contribution is -2.45. The lowest BCUT2D eigenvalue weighted by Gasteiger charge is -2.20. The fourth-order valence-electron chi connectivity index (χ4n) is 2.96. The molecule has 5 heteroatoms. The molecule has 0 spiro atoms. The van der Waals surface area contributed by atoms with E-state index in [1.807, 2.05) is 19.1 Å². The summed E-state index contributed by atoms with van der Waals surface area (Å²) in [6.45, 7) is 14.2. The van der Waals surface area contributed by atoms with Crippen LogP contribution in [0, 0.1) is 13.8 Å². The first-order valence-electron chi connectivity index (χ1n) is 9.27. The number of carbonyl (C=O) groups excluding carboxylic acids is 2. The number of aryl methyl sites for hydroxylation is 2. The minimum absolute atomic E-state index is 0.0382. The molecule has 4 nitrogen and oxygen atoms in total. The lowest BCUT2D eigenvalue weighted by molar-refractivity contribution is -0.123. The van der Waals surface area contributed by atoms with Crippen LogP contribution >= 0.6 is 11.3 Å². The average Bonchev–Trinajstić information content (AvgIpc) is 2.92. The van der Waals surface area contributed by atoms with Crippen molar-refractivity contribution in [3.63, 3.8) is 0 Å². The molecule has 0 bridgehead atoms. The second-order valence-electron chi connectivity index (χ2n) is 8.12. The molecule has 1 heterocycles. The summed E-state index contributed by atoms with van der Waals surface area (Å²) < 4.78 is 0. The fraction of sp³-hybridized carbons (Fsp3) is 0.455. The molecule has 0 radical (unpaired) electrons. The molecule has 2 N–H and O–H groups in total. The Bertz CT molecular complexity index is 816. The molecule has 0 aliphatic carbocycles. The number of carbonyl (C=O) groups is 2. The Morgan fingerprint density at radius 1 is 1.00 bits per heavy atom. The van der Waals surface area contributed by atoms with Gasteiger partial charge in [0.1, 0.15) is 6.04 Å². The van der Waals surface area contributed by atoms with Crippen LogP contribution in [-0.4, -0.2) is 17.9 Å². The molecule has 2 rings (SSSR count). The third-order valence-electron chi connectivity index (χ3n) is 4.66. The van der Waals surface area contributed by atoms with Crippen LogP contribution in [0.3, 0.4) is 0 Å². The van der Waals surface area contributed by atoms with Gasteiger partial charge in [-0.05, 0) is 62.4 Å². The van der Waals surface area contributed by atoms with Crippen molar-refractivity contribution in [3.8, 4) is 0 Å². The molecule has 2 aromatic rings.